The van der Waals surface area contributed by atoms with Crippen molar-refractivity contribution in [2.24, 2.45) is 5.92 Å². The van der Waals surface area contributed by atoms with Crippen LogP contribution in [0.1, 0.15) is 22.7 Å². The van der Waals surface area contributed by atoms with Gasteiger partial charge in [0.2, 0.25) is 10.0 Å². The van der Waals surface area contributed by atoms with Gasteiger partial charge >= 0.3 is 0 Å². The smallest absolute Gasteiger partial charge is 0.267 e. The number of rotatable bonds is 4. The molecule has 4 heterocycles. The Labute approximate surface area is 155 Å². The summed E-state index contributed by atoms with van der Waals surface area (Å²) >= 11 is 1.81. The highest BCUT2D eigenvalue weighted by Crippen LogP contribution is 2.29. The van der Waals surface area contributed by atoms with Gasteiger partial charge in [0, 0.05) is 37.2 Å². The quantitative estimate of drug-likeness (QED) is 0.759. The summed E-state index contributed by atoms with van der Waals surface area (Å²) in [5.74, 6) is 2.24. The van der Waals surface area contributed by atoms with Gasteiger partial charge < -0.3 is 4.52 Å². The van der Waals surface area contributed by atoms with Crippen LogP contribution >= 0.6 is 11.8 Å². The third-order valence-electron chi connectivity index (χ3n) is 4.83. The third kappa shape index (κ3) is 2.99. The fourth-order valence-electron chi connectivity index (χ4n) is 3.43. The number of nitrogens with zero attached hydrogens (tertiary/aromatic N) is 4. The summed E-state index contributed by atoms with van der Waals surface area (Å²) < 4.78 is 33.3. The van der Waals surface area contributed by atoms with Crippen molar-refractivity contribution in [3.63, 3.8) is 0 Å². The van der Waals surface area contributed by atoms with E-state index in [1.54, 1.807) is 19.9 Å². The lowest BCUT2D eigenvalue weighted by Crippen LogP contribution is -2.52. The molecule has 0 amide bonds. The Hall–Kier alpha value is -1.65. The van der Waals surface area contributed by atoms with E-state index in [9.17, 15) is 13.2 Å². The lowest BCUT2D eigenvalue weighted by molar-refractivity contribution is 0.172. The summed E-state index contributed by atoms with van der Waals surface area (Å²) in [5, 5.41) is 8.22. The van der Waals surface area contributed by atoms with E-state index >= 15 is 0 Å². The molecule has 2 aromatic heterocycles. The normalized spacial score (nSPS) is 18.5. The zero-order valence-corrected chi connectivity index (χ0v) is 16.3. The van der Waals surface area contributed by atoms with Crippen LogP contribution in [0, 0.1) is 19.8 Å². The molecule has 0 atom stereocenters. The van der Waals surface area contributed by atoms with Gasteiger partial charge in [-0.3, -0.25) is 4.79 Å². The van der Waals surface area contributed by atoms with Crippen LogP contribution in [0.2, 0.25) is 0 Å². The van der Waals surface area contributed by atoms with Crippen LogP contribution in [0.3, 0.4) is 0 Å². The minimum Gasteiger partial charge on any atom is -0.360 e. The molecule has 1 fully saturated rings. The van der Waals surface area contributed by atoms with Gasteiger partial charge in [0.1, 0.15) is 10.6 Å². The van der Waals surface area contributed by atoms with Crippen molar-refractivity contribution in [1.29, 1.82) is 0 Å². The highest BCUT2D eigenvalue weighted by molar-refractivity contribution is 7.98. The van der Waals surface area contributed by atoms with Crippen LogP contribution in [0.5, 0.6) is 0 Å². The molecule has 140 valence electrons. The Bertz CT molecular complexity index is 986. The fourth-order valence-corrected chi connectivity index (χ4v) is 6.27. The average Bonchev–Trinajstić information content (AvgIpc) is 2.90. The Morgan fingerprint density at radius 3 is 2.81 bits per heavy atom. The maximum absolute atomic E-state index is 12.7. The van der Waals surface area contributed by atoms with Crippen LogP contribution in [0.25, 0.3) is 0 Å². The molecule has 0 unspecified atom stereocenters. The number of thioether (sulfide) groups is 1. The molecule has 0 saturated carbocycles. The minimum atomic E-state index is -3.60. The van der Waals surface area contributed by atoms with E-state index in [2.05, 4.69) is 10.3 Å². The molecule has 10 heteroatoms. The molecule has 0 aromatic carbocycles. The maximum Gasteiger partial charge on any atom is 0.267 e. The summed E-state index contributed by atoms with van der Waals surface area (Å²) in [5.41, 5.74) is 2.27. The molecule has 4 rings (SSSR count). The number of fused-ring (bicyclic) bond motifs is 1. The zero-order valence-electron chi connectivity index (χ0n) is 14.6. The number of aromatic nitrogens is 3. The number of aryl methyl sites for hydroxylation is 3. The molecule has 2 aliphatic rings. The first-order valence-corrected chi connectivity index (χ1v) is 11.1. The van der Waals surface area contributed by atoms with Crippen LogP contribution in [0.4, 0.5) is 0 Å². The minimum absolute atomic E-state index is 0.0754. The van der Waals surface area contributed by atoms with Crippen molar-refractivity contribution in [3.05, 3.63) is 39.1 Å². The molecule has 1 saturated heterocycles. The van der Waals surface area contributed by atoms with Gasteiger partial charge in [0.05, 0.1) is 12.2 Å². The topological polar surface area (TPSA) is 98.3 Å². The standard InChI is InChI=1S/C16H20N4O4S2/c1-10-16(11(2)24-18-10)26(22,23)19-6-12(7-19)8-20-15(21)5-13-9-25-4-3-14(13)17-20/h5,12H,3-4,6-9H2,1-2H3. The van der Waals surface area contributed by atoms with Gasteiger partial charge in [0.15, 0.2) is 5.76 Å². The van der Waals surface area contributed by atoms with Crippen molar-refractivity contribution < 1.29 is 12.9 Å². The van der Waals surface area contributed by atoms with Gasteiger partial charge in [0.25, 0.3) is 5.56 Å². The third-order valence-corrected chi connectivity index (χ3v) is 7.91. The van der Waals surface area contributed by atoms with E-state index < -0.39 is 10.0 Å². The predicted octanol–water partition coefficient (Wildman–Crippen LogP) is 0.958. The van der Waals surface area contributed by atoms with Gasteiger partial charge in [-0.05, 0) is 25.2 Å². The molecule has 8 nitrogen and oxygen atoms in total. The SMILES string of the molecule is Cc1noc(C)c1S(=O)(=O)N1CC(Cn2nc3c(cc2=O)CSCC3)C1. The Kier molecular flexibility index (Phi) is 4.44. The monoisotopic (exact) mass is 396 g/mol. The molecular weight excluding hydrogens is 376 g/mol. The van der Waals surface area contributed by atoms with E-state index in [0.717, 1.165) is 29.2 Å². The summed E-state index contributed by atoms with van der Waals surface area (Å²) in [7, 11) is -3.60. The summed E-state index contributed by atoms with van der Waals surface area (Å²) in [6.45, 7) is 4.39. The van der Waals surface area contributed by atoms with Crippen molar-refractivity contribution in [3.8, 4) is 0 Å². The van der Waals surface area contributed by atoms with E-state index in [1.165, 1.54) is 8.99 Å². The molecule has 2 aromatic rings. The highest BCUT2D eigenvalue weighted by Gasteiger charge is 2.40. The number of hydrogen-bond acceptors (Lipinski definition) is 7. The zero-order chi connectivity index (χ0) is 18.5. The summed E-state index contributed by atoms with van der Waals surface area (Å²) in [6, 6.07) is 1.67. The second kappa shape index (κ2) is 6.50. The van der Waals surface area contributed by atoms with E-state index in [4.69, 9.17) is 4.52 Å². The van der Waals surface area contributed by atoms with Gasteiger partial charge in [-0.2, -0.15) is 21.2 Å². The molecule has 0 aliphatic carbocycles. The first kappa shape index (κ1) is 17.7. The first-order chi connectivity index (χ1) is 12.4. The molecule has 2 aliphatic heterocycles. The summed E-state index contributed by atoms with van der Waals surface area (Å²) in [4.78, 5) is 12.4. The van der Waals surface area contributed by atoms with Crippen LogP contribution in [0.15, 0.2) is 20.3 Å². The molecule has 0 N–H and O–H groups in total. The largest absolute Gasteiger partial charge is 0.360 e. The van der Waals surface area contributed by atoms with Crippen LogP contribution in [-0.2, 0) is 28.7 Å². The lowest BCUT2D eigenvalue weighted by Gasteiger charge is -2.37. The van der Waals surface area contributed by atoms with Crippen molar-refractivity contribution in [2.45, 2.75) is 37.5 Å². The van der Waals surface area contributed by atoms with Gasteiger partial charge in [-0.1, -0.05) is 5.16 Å². The summed E-state index contributed by atoms with van der Waals surface area (Å²) in [6.07, 6.45) is 0.873. The molecular formula is C16H20N4O4S2. The average molecular weight is 396 g/mol. The van der Waals surface area contributed by atoms with E-state index in [-0.39, 0.29) is 16.4 Å². The van der Waals surface area contributed by atoms with Gasteiger partial charge in [-0.15, -0.1) is 0 Å². The van der Waals surface area contributed by atoms with Crippen molar-refractivity contribution >= 4 is 21.8 Å². The van der Waals surface area contributed by atoms with E-state index in [1.807, 2.05) is 11.8 Å². The first-order valence-electron chi connectivity index (χ1n) is 8.47. The maximum atomic E-state index is 12.7. The van der Waals surface area contributed by atoms with Crippen molar-refractivity contribution in [2.75, 3.05) is 18.8 Å². The highest BCUT2D eigenvalue weighted by atomic mass is 32.2. The second-order valence-electron chi connectivity index (χ2n) is 6.78. The molecule has 0 spiro atoms. The fraction of sp³-hybridized carbons (Fsp3) is 0.562. The lowest BCUT2D eigenvalue weighted by atomic mass is 10.0. The van der Waals surface area contributed by atoms with Crippen LogP contribution < -0.4 is 5.56 Å². The molecule has 0 radical (unpaired) electrons. The number of hydrogen-bond donors (Lipinski definition) is 0. The van der Waals surface area contributed by atoms with Gasteiger partial charge in [-0.25, -0.2) is 13.1 Å². The molecule has 0 bridgehead atoms. The number of sulfonamides is 1. The Balaban J connectivity index is 1.47. The van der Waals surface area contributed by atoms with Crippen LogP contribution in [-0.4, -0.2) is 46.5 Å². The Morgan fingerprint density at radius 1 is 1.35 bits per heavy atom. The Morgan fingerprint density at radius 2 is 2.12 bits per heavy atom. The molecule has 26 heavy (non-hydrogen) atoms. The van der Waals surface area contributed by atoms with E-state index in [0.29, 0.717) is 31.1 Å². The predicted molar refractivity (Wildman–Crippen MR) is 96.6 cm³/mol. The second-order valence-corrected chi connectivity index (χ2v) is 9.76. The van der Waals surface area contributed by atoms with Crippen molar-refractivity contribution in [1.82, 2.24) is 19.2 Å².